The quantitative estimate of drug-likeness (QED) is 0.759. The Labute approximate surface area is 135 Å². The maximum atomic E-state index is 5.77. The van der Waals surface area contributed by atoms with Crippen molar-refractivity contribution in [2.24, 2.45) is 0 Å². The van der Waals surface area contributed by atoms with Gasteiger partial charge in [0.05, 0.1) is 25.8 Å². The molecule has 0 unspecified atom stereocenters. The molecule has 118 valence electrons. The summed E-state index contributed by atoms with van der Waals surface area (Å²) in [5.74, 6) is 1.20. The third kappa shape index (κ3) is 3.29. The predicted octanol–water partition coefficient (Wildman–Crippen LogP) is 2.39. The fraction of sp³-hybridized carbons (Fsp3) is 0.143. The molecule has 0 aliphatic rings. The summed E-state index contributed by atoms with van der Waals surface area (Å²) in [4.78, 5) is 8.28. The molecule has 0 aliphatic carbocycles. The van der Waals surface area contributed by atoms with Crippen molar-refractivity contribution in [2.45, 2.75) is 0 Å². The zero-order valence-electron chi connectivity index (χ0n) is 12.4. The minimum atomic E-state index is 0.103. The Morgan fingerprint density at radius 2 is 1.70 bits per heavy atom. The summed E-state index contributed by atoms with van der Waals surface area (Å²) >= 11 is 1.27. The topological polar surface area (TPSA) is 105 Å². The Hall–Kier alpha value is -2.94. The van der Waals surface area contributed by atoms with Crippen LogP contribution in [0.15, 0.2) is 30.3 Å². The third-order valence-electron chi connectivity index (χ3n) is 2.84. The first-order chi connectivity index (χ1) is 11.2. The number of benzene rings is 1. The molecule has 0 radical (unpaired) electrons. The molecule has 8 nitrogen and oxygen atoms in total. The van der Waals surface area contributed by atoms with Crippen LogP contribution in [0.25, 0.3) is 10.6 Å². The Morgan fingerprint density at radius 1 is 1.00 bits per heavy atom. The van der Waals surface area contributed by atoms with Gasteiger partial charge in [0, 0.05) is 0 Å². The van der Waals surface area contributed by atoms with Gasteiger partial charge >= 0.3 is 6.01 Å². The van der Waals surface area contributed by atoms with Gasteiger partial charge in [-0.2, -0.15) is 9.97 Å². The number of rotatable bonds is 5. The van der Waals surface area contributed by atoms with Crippen LogP contribution in [0.3, 0.4) is 0 Å². The highest BCUT2D eigenvalue weighted by atomic mass is 32.1. The minimum Gasteiger partial charge on any atom is -0.481 e. The Balaban J connectivity index is 1.98. The Kier molecular flexibility index (Phi) is 4.20. The van der Waals surface area contributed by atoms with Crippen molar-refractivity contribution in [1.82, 2.24) is 20.2 Å². The summed E-state index contributed by atoms with van der Waals surface area (Å²) in [5.41, 5.74) is 6.38. The summed E-state index contributed by atoms with van der Waals surface area (Å²) in [5, 5.41) is 8.87. The molecule has 0 spiro atoms. The van der Waals surface area contributed by atoms with Crippen molar-refractivity contribution in [3.63, 3.8) is 0 Å². The third-order valence-corrected chi connectivity index (χ3v) is 3.62. The van der Waals surface area contributed by atoms with E-state index >= 15 is 0 Å². The minimum absolute atomic E-state index is 0.103. The lowest BCUT2D eigenvalue weighted by molar-refractivity contribution is 0.348. The molecule has 0 aliphatic heterocycles. The molecule has 2 heterocycles. The molecule has 0 saturated carbocycles. The van der Waals surface area contributed by atoms with E-state index in [0.29, 0.717) is 27.6 Å². The van der Waals surface area contributed by atoms with Crippen LogP contribution in [-0.2, 0) is 0 Å². The van der Waals surface area contributed by atoms with E-state index in [4.69, 9.17) is 19.9 Å². The van der Waals surface area contributed by atoms with Crippen LogP contribution in [0, 0.1) is 0 Å². The van der Waals surface area contributed by atoms with Gasteiger partial charge in [-0.05, 0) is 12.1 Å². The average molecular weight is 331 g/mol. The molecule has 23 heavy (non-hydrogen) atoms. The van der Waals surface area contributed by atoms with Crippen molar-refractivity contribution >= 4 is 16.5 Å². The molecule has 3 aromatic rings. The molecular formula is C14H13N5O3S. The predicted molar refractivity (Wildman–Crippen MR) is 85.0 cm³/mol. The van der Waals surface area contributed by atoms with Gasteiger partial charge in [0.1, 0.15) is 5.75 Å². The van der Waals surface area contributed by atoms with Crippen molar-refractivity contribution < 1.29 is 14.2 Å². The Morgan fingerprint density at radius 3 is 2.30 bits per heavy atom. The second-order valence-electron chi connectivity index (χ2n) is 4.28. The first-order valence-electron chi connectivity index (χ1n) is 6.53. The number of hydrogen-bond donors (Lipinski definition) is 1. The molecule has 0 fully saturated rings. The SMILES string of the molecule is COc1cc(OC)nc(Oc2ccccc2-c2nnc(N)s2)n1. The lowest BCUT2D eigenvalue weighted by Gasteiger charge is -2.09. The number of methoxy groups -OCH3 is 2. The number of nitrogens with zero attached hydrogens (tertiary/aromatic N) is 4. The van der Waals surface area contributed by atoms with E-state index in [1.165, 1.54) is 25.6 Å². The van der Waals surface area contributed by atoms with Crippen LogP contribution in [0.4, 0.5) is 5.13 Å². The zero-order chi connectivity index (χ0) is 16.2. The smallest absolute Gasteiger partial charge is 0.328 e. The molecule has 0 amide bonds. The van der Waals surface area contributed by atoms with Gasteiger partial charge in [-0.1, -0.05) is 23.5 Å². The van der Waals surface area contributed by atoms with E-state index in [-0.39, 0.29) is 6.01 Å². The molecule has 3 rings (SSSR count). The van der Waals surface area contributed by atoms with Crippen LogP contribution in [0.1, 0.15) is 0 Å². The van der Waals surface area contributed by atoms with Crippen LogP contribution in [-0.4, -0.2) is 34.4 Å². The van der Waals surface area contributed by atoms with Gasteiger partial charge in [0.15, 0.2) is 5.01 Å². The van der Waals surface area contributed by atoms with Gasteiger partial charge in [-0.25, -0.2) is 0 Å². The lowest BCUT2D eigenvalue weighted by atomic mass is 10.2. The molecule has 9 heteroatoms. The molecular weight excluding hydrogens is 318 g/mol. The van der Waals surface area contributed by atoms with Gasteiger partial charge in [-0.3, -0.25) is 0 Å². The number of nitrogen functional groups attached to an aromatic ring is 1. The van der Waals surface area contributed by atoms with E-state index in [1.807, 2.05) is 18.2 Å². The number of nitrogens with two attached hydrogens (primary N) is 1. The van der Waals surface area contributed by atoms with E-state index in [9.17, 15) is 0 Å². The fourth-order valence-corrected chi connectivity index (χ4v) is 2.45. The van der Waals surface area contributed by atoms with Crippen molar-refractivity contribution in [3.05, 3.63) is 30.3 Å². The van der Waals surface area contributed by atoms with Gasteiger partial charge in [-0.15, -0.1) is 10.2 Å². The van der Waals surface area contributed by atoms with Crippen molar-refractivity contribution in [1.29, 1.82) is 0 Å². The summed E-state index contributed by atoms with van der Waals surface area (Å²) in [6.07, 6.45) is 0. The number of para-hydroxylation sites is 1. The van der Waals surface area contributed by atoms with E-state index in [2.05, 4.69) is 20.2 Å². The monoisotopic (exact) mass is 331 g/mol. The summed E-state index contributed by atoms with van der Waals surface area (Å²) in [6, 6.07) is 9.00. The standard InChI is InChI=1S/C14H13N5O3S/c1-20-10-7-11(21-2)17-14(16-10)22-9-6-4-3-5-8(9)12-18-19-13(15)23-12/h3-7H,1-2H3,(H2,15,19). The Bertz CT molecular complexity index is 801. The highest BCUT2D eigenvalue weighted by Gasteiger charge is 2.14. The lowest BCUT2D eigenvalue weighted by Crippen LogP contribution is -1.98. The second kappa shape index (κ2) is 6.44. The largest absolute Gasteiger partial charge is 0.481 e. The maximum Gasteiger partial charge on any atom is 0.328 e. The molecule has 0 bridgehead atoms. The zero-order valence-corrected chi connectivity index (χ0v) is 13.2. The summed E-state index contributed by atoms with van der Waals surface area (Å²) < 4.78 is 16.0. The van der Waals surface area contributed by atoms with Gasteiger partial charge in [0.25, 0.3) is 0 Å². The summed E-state index contributed by atoms with van der Waals surface area (Å²) in [6.45, 7) is 0. The normalized spacial score (nSPS) is 10.3. The molecule has 1 aromatic carbocycles. The fourth-order valence-electron chi connectivity index (χ4n) is 1.81. The van der Waals surface area contributed by atoms with E-state index < -0.39 is 0 Å². The highest BCUT2D eigenvalue weighted by Crippen LogP contribution is 2.35. The van der Waals surface area contributed by atoms with Gasteiger partial charge < -0.3 is 19.9 Å². The van der Waals surface area contributed by atoms with Gasteiger partial charge in [0.2, 0.25) is 16.9 Å². The van der Waals surface area contributed by atoms with Crippen LogP contribution in [0.5, 0.6) is 23.5 Å². The summed E-state index contributed by atoms with van der Waals surface area (Å²) in [7, 11) is 3.01. The molecule has 0 saturated heterocycles. The van der Waals surface area contributed by atoms with E-state index in [0.717, 1.165) is 5.56 Å². The van der Waals surface area contributed by atoms with Crippen LogP contribution >= 0.6 is 11.3 Å². The molecule has 2 N–H and O–H groups in total. The first kappa shape index (κ1) is 15.0. The first-order valence-corrected chi connectivity index (χ1v) is 7.34. The number of hydrogen-bond acceptors (Lipinski definition) is 9. The van der Waals surface area contributed by atoms with Crippen molar-refractivity contribution in [2.75, 3.05) is 20.0 Å². The van der Waals surface area contributed by atoms with Crippen LogP contribution < -0.4 is 19.9 Å². The molecule has 0 atom stereocenters. The average Bonchev–Trinajstić information content (AvgIpc) is 3.01. The maximum absolute atomic E-state index is 5.77. The highest BCUT2D eigenvalue weighted by molar-refractivity contribution is 7.18. The number of aromatic nitrogens is 4. The van der Waals surface area contributed by atoms with Crippen LogP contribution in [0.2, 0.25) is 0 Å². The van der Waals surface area contributed by atoms with E-state index in [1.54, 1.807) is 12.1 Å². The second-order valence-corrected chi connectivity index (χ2v) is 5.29. The van der Waals surface area contributed by atoms with Crippen molar-refractivity contribution in [3.8, 4) is 34.1 Å². The number of ether oxygens (including phenoxy) is 3. The number of anilines is 1. The molecule has 2 aromatic heterocycles.